The van der Waals surface area contributed by atoms with Crippen LogP contribution in [0.1, 0.15) is 12.5 Å². The molecule has 1 aromatic heterocycles. The van der Waals surface area contributed by atoms with Crippen LogP contribution in [0, 0.1) is 6.92 Å². The Morgan fingerprint density at radius 1 is 1.56 bits per heavy atom. The maximum Gasteiger partial charge on any atom is 0.243 e. The van der Waals surface area contributed by atoms with Crippen LogP contribution in [0.2, 0.25) is 0 Å². The van der Waals surface area contributed by atoms with Gasteiger partial charge in [0, 0.05) is 0 Å². The van der Waals surface area contributed by atoms with E-state index in [0.29, 0.717) is 5.13 Å². The van der Waals surface area contributed by atoms with E-state index >= 15 is 0 Å². The van der Waals surface area contributed by atoms with Gasteiger partial charge in [-0.3, -0.25) is 4.79 Å². The third-order valence-electron chi connectivity index (χ3n) is 2.14. The monoisotopic (exact) mass is 254 g/mol. The van der Waals surface area contributed by atoms with Crippen LogP contribution in [-0.2, 0) is 4.79 Å². The van der Waals surface area contributed by atoms with Gasteiger partial charge < -0.3 is 5.32 Å². The van der Waals surface area contributed by atoms with E-state index in [1.807, 2.05) is 25.1 Å². The van der Waals surface area contributed by atoms with E-state index in [0.717, 1.165) is 10.2 Å². The molecule has 5 heteroatoms. The first kappa shape index (κ1) is 11.4. The fraction of sp³-hybridized carbons (Fsp3) is 0.273. The number of thiazole rings is 1. The number of hydrogen-bond acceptors (Lipinski definition) is 3. The summed E-state index contributed by atoms with van der Waals surface area (Å²) in [6, 6.07) is 5.99. The molecule has 0 saturated heterocycles. The van der Waals surface area contributed by atoms with Gasteiger partial charge in [-0.25, -0.2) is 4.98 Å². The quantitative estimate of drug-likeness (QED) is 0.837. The molecule has 1 heterocycles. The van der Waals surface area contributed by atoms with Gasteiger partial charge in [-0.15, -0.1) is 11.6 Å². The highest BCUT2D eigenvalue weighted by molar-refractivity contribution is 7.22. The average molecular weight is 255 g/mol. The molecule has 0 spiro atoms. The Labute approximate surface area is 102 Å². The molecule has 1 aromatic carbocycles. The van der Waals surface area contributed by atoms with Crippen molar-refractivity contribution in [2.75, 3.05) is 5.32 Å². The number of anilines is 1. The summed E-state index contributed by atoms with van der Waals surface area (Å²) in [6.07, 6.45) is 0. The molecule has 0 unspecified atom stereocenters. The number of hydrogen-bond donors (Lipinski definition) is 1. The number of carbonyl (C=O) groups excluding carboxylic acids is 1. The Bertz CT molecular complexity index is 536. The summed E-state index contributed by atoms with van der Waals surface area (Å²) in [6.45, 7) is 3.66. The molecule has 3 nitrogen and oxygen atoms in total. The van der Waals surface area contributed by atoms with Crippen molar-refractivity contribution in [2.24, 2.45) is 0 Å². The Balaban J connectivity index is 2.29. The van der Waals surface area contributed by atoms with Crippen LogP contribution < -0.4 is 5.32 Å². The van der Waals surface area contributed by atoms with Gasteiger partial charge >= 0.3 is 0 Å². The third kappa shape index (κ3) is 2.33. The molecular formula is C11H11ClN2OS. The van der Waals surface area contributed by atoms with E-state index < -0.39 is 5.38 Å². The standard InChI is InChI=1S/C11H11ClN2OS/c1-6-3-4-8-9(5-6)16-11(13-8)14-10(15)7(2)12/h3-5,7H,1-2H3,(H,13,14,15)/t7-/m1/s1. The van der Waals surface area contributed by atoms with Crippen LogP contribution in [0.3, 0.4) is 0 Å². The van der Waals surface area contributed by atoms with Crippen molar-refractivity contribution >= 4 is 44.2 Å². The van der Waals surface area contributed by atoms with Crippen molar-refractivity contribution in [3.05, 3.63) is 23.8 Å². The molecule has 0 fully saturated rings. The SMILES string of the molecule is Cc1ccc2nc(NC(=O)[C@@H](C)Cl)sc2c1. The van der Waals surface area contributed by atoms with Crippen LogP contribution in [-0.4, -0.2) is 16.3 Å². The largest absolute Gasteiger partial charge is 0.301 e. The highest BCUT2D eigenvalue weighted by atomic mass is 35.5. The summed E-state index contributed by atoms with van der Waals surface area (Å²) in [5.41, 5.74) is 2.08. The number of fused-ring (bicyclic) bond motifs is 1. The number of nitrogens with zero attached hydrogens (tertiary/aromatic N) is 1. The van der Waals surface area contributed by atoms with Crippen molar-refractivity contribution in [2.45, 2.75) is 19.2 Å². The van der Waals surface area contributed by atoms with Crippen molar-refractivity contribution in [1.82, 2.24) is 4.98 Å². The first-order chi connectivity index (χ1) is 7.56. The van der Waals surface area contributed by atoms with Gasteiger partial charge in [0.2, 0.25) is 5.91 Å². The minimum Gasteiger partial charge on any atom is -0.301 e. The number of alkyl halides is 1. The predicted octanol–water partition coefficient (Wildman–Crippen LogP) is 3.17. The second kappa shape index (κ2) is 4.39. The van der Waals surface area contributed by atoms with Gasteiger partial charge in [0.05, 0.1) is 10.2 Å². The molecule has 0 aliphatic heterocycles. The first-order valence-electron chi connectivity index (χ1n) is 4.88. The molecule has 2 rings (SSSR count). The van der Waals surface area contributed by atoms with Crippen LogP contribution in [0.4, 0.5) is 5.13 Å². The first-order valence-corrected chi connectivity index (χ1v) is 6.13. The maximum absolute atomic E-state index is 11.4. The Morgan fingerprint density at radius 2 is 2.31 bits per heavy atom. The minimum atomic E-state index is -0.547. The summed E-state index contributed by atoms with van der Waals surface area (Å²) in [5, 5.41) is 2.73. The van der Waals surface area contributed by atoms with Crippen molar-refractivity contribution < 1.29 is 4.79 Å². The number of halogens is 1. The van der Waals surface area contributed by atoms with Crippen molar-refractivity contribution in [3.8, 4) is 0 Å². The lowest BCUT2D eigenvalue weighted by molar-refractivity contribution is -0.115. The predicted molar refractivity (Wildman–Crippen MR) is 68.3 cm³/mol. The topological polar surface area (TPSA) is 42.0 Å². The molecule has 0 aliphatic carbocycles. The average Bonchev–Trinajstić information content (AvgIpc) is 2.58. The van der Waals surface area contributed by atoms with Gasteiger partial charge in [-0.1, -0.05) is 17.4 Å². The maximum atomic E-state index is 11.4. The third-order valence-corrected chi connectivity index (χ3v) is 3.27. The second-order valence-electron chi connectivity index (χ2n) is 3.60. The zero-order chi connectivity index (χ0) is 11.7. The van der Waals surface area contributed by atoms with E-state index in [4.69, 9.17) is 11.6 Å². The highest BCUT2D eigenvalue weighted by Crippen LogP contribution is 2.26. The van der Waals surface area contributed by atoms with Gasteiger partial charge in [-0.2, -0.15) is 0 Å². The minimum absolute atomic E-state index is 0.225. The lowest BCUT2D eigenvalue weighted by atomic mass is 10.2. The molecule has 0 aliphatic rings. The van der Waals surface area contributed by atoms with Gasteiger partial charge in [0.25, 0.3) is 0 Å². The molecule has 1 atom stereocenters. The van der Waals surface area contributed by atoms with E-state index in [2.05, 4.69) is 10.3 Å². The van der Waals surface area contributed by atoms with Crippen LogP contribution in [0.25, 0.3) is 10.2 Å². The van der Waals surface area contributed by atoms with Crippen LogP contribution in [0.15, 0.2) is 18.2 Å². The summed E-state index contributed by atoms with van der Waals surface area (Å²) in [7, 11) is 0. The Kier molecular flexibility index (Phi) is 3.12. The zero-order valence-corrected chi connectivity index (χ0v) is 10.5. The van der Waals surface area contributed by atoms with Crippen LogP contribution in [0.5, 0.6) is 0 Å². The molecule has 84 valence electrons. The van der Waals surface area contributed by atoms with E-state index in [9.17, 15) is 4.79 Å². The number of rotatable bonds is 2. The normalized spacial score (nSPS) is 12.7. The summed E-state index contributed by atoms with van der Waals surface area (Å²) >= 11 is 7.12. The van der Waals surface area contributed by atoms with Crippen molar-refractivity contribution in [3.63, 3.8) is 0 Å². The van der Waals surface area contributed by atoms with Crippen molar-refractivity contribution in [1.29, 1.82) is 0 Å². The van der Waals surface area contributed by atoms with Gasteiger partial charge in [0.1, 0.15) is 5.38 Å². The molecular weight excluding hydrogens is 244 g/mol. The molecule has 16 heavy (non-hydrogen) atoms. The molecule has 0 bridgehead atoms. The number of amides is 1. The summed E-state index contributed by atoms with van der Waals surface area (Å²) < 4.78 is 1.07. The van der Waals surface area contributed by atoms with E-state index in [1.165, 1.54) is 16.9 Å². The highest BCUT2D eigenvalue weighted by Gasteiger charge is 2.11. The number of aromatic nitrogens is 1. The fourth-order valence-corrected chi connectivity index (χ4v) is 2.31. The lowest BCUT2D eigenvalue weighted by Crippen LogP contribution is -2.19. The lowest BCUT2D eigenvalue weighted by Gasteiger charge is -2.01. The number of nitrogens with one attached hydrogen (secondary N) is 1. The summed E-state index contributed by atoms with van der Waals surface area (Å²) in [5.74, 6) is -0.225. The molecule has 0 saturated carbocycles. The van der Waals surface area contributed by atoms with Gasteiger partial charge in [0.15, 0.2) is 5.13 Å². The Hall–Kier alpha value is -1.13. The van der Waals surface area contributed by atoms with Crippen LogP contribution >= 0.6 is 22.9 Å². The molecule has 0 radical (unpaired) electrons. The fourth-order valence-electron chi connectivity index (χ4n) is 1.29. The molecule has 2 aromatic rings. The number of aryl methyl sites for hydroxylation is 1. The summed E-state index contributed by atoms with van der Waals surface area (Å²) in [4.78, 5) is 15.7. The zero-order valence-electron chi connectivity index (χ0n) is 8.95. The number of benzene rings is 1. The van der Waals surface area contributed by atoms with Gasteiger partial charge in [-0.05, 0) is 31.5 Å². The van der Waals surface area contributed by atoms with E-state index in [1.54, 1.807) is 6.92 Å². The Morgan fingerprint density at radius 3 is 3.00 bits per heavy atom. The smallest absolute Gasteiger partial charge is 0.243 e. The molecule has 1 N–H and O–H groups in total. The number of carbonyl (C=O) groups is 1. The molecule has 1 amide bonds. The van der Waals surface area contributed by atoms with E-state index in [-0.39, 0.29) is 5.91 Å². The second-order valence-corrected chi connectivity index (χ2v) is 5.28.